The molecule has 0 aliphatic carbocycles. The summed E-state index contributed by atoms with van der Waals surface area (Å²) < 4.78 is 12.7. The molecule has 8 heteroatoms. The van der Waals surface area contributed by atoms with Crippen molar-refractivity contribution in [2.45, 2.75) is 26.3 Å². The molecule has 0 saturated carbocycles. The highest BCUT2D eigenvalue weighted by atomic mass is 16.5. The van der Waals surface area contributed by atoms with Gasteiger partial charge in [0.25, 0.3) is 11.8 Å². The molecule has 8 nitrogen and oxygen atoms in total. The number of aryl methyl sites for hydroxylation is 1. The second kappa shape index (κ2) is 9.30. The fourth-order valence-electron chi connectivity index (χ4n) is 4.00. The van der Waals surface area contributed by atoms with Crippen LogP contribution in [-0.4, -0.2) is 65.9 Å². The highest BCUT2D eigenvalue weighted by molar-refractivity contribution is 5.95. The summed E-state index contributed by atoms with van der Waals surface area (Å²) in [5.41, 5.74) is 2.26. The van der Waals surface area contributed by atoms with Gasteiger partial charge in [0.1, 0.15) is 5.75 Å². The van der Waals surface area contributed by atoms with Crippen LogP contribution in [0.4, 0.5) is 0 Å². The predicted octanol–water partition coefficient (Wildman–Crippen LogP) is 1.75. The molecule has 3 heterocycles. The number of carbonyl (C=O) groups is 2. The van der Waals surface area contributed by atoms with Gasteiger partial charge in [-0.05, 0) is 49.9 Å². The topological polar surface area (TPSA) is 85.7 Å². The van der Waals surface area contributed by atoms with Gasteiger partial charge in [-0.2, -0.15) is 5.10 Å². The van der Waals surface area contributed by atoms with Crippen molar-refractivity contribution in [3.8, 4) is 5.75 Å². The summed E-state index contributed by atoms with van der Waals surface area (Å²) >= 11 is 0. The summed E-state index contributed by atoms with van der Waals surface area (Å²) in [6, 6.07) is 7.16. The molecule has 0 spiro atoms. The van der Waals surface area contributed by atoms with Crippen molar-refractivity contribution >= 4 is 11.8 Å². The van der Waals surface area contributed by atoms with E-state index in [0.29, 0.717) is 50.6 Å². The quantitative estimate of drug-likeness (QED) is 0.781. The number of rotatable bonds is 6. The lowest BCUT2D eigenvalue weighted by molar-refractivity contribution is 0.0301. The highest BCUT2D eigenvalue weighted by Gasteiger charge is 2.28. The van der Waals surface area contributed by atoms with Gasteiger partial charge in [-0.15, -0.1) is 0 Å². The van der Waals surface area contributed by atoms with E-state index in [1.54, 1.807) is 30.5 Å². The van der Waals surface area contributed by atoms with E-state index < -0.39 is 0 Å². The van der Waals surface area contributed by atoms with E-state index in [1.165, 1.54) is 0 Å². The van der Waals surface area contributed by atoms with Crippen LogP contribution in [0.3, 0.4) is 0 Å². The average molecular weight is 412 g/mol. The van der Waals surface area contributed by atoms with Crippen molar-refractivity contribution in [2.24, 2.45) is 5.92 Å². The monoisotopic (exact) mass is 412 g/mol. The van der Waals surface area contributed by atoms with E-state index in [9.17, 15) is 9.59 Å². The number of nitrogens with one attached hydrogen (secondary N) is 1. The van der Waals surface area contributed by atoms with Gasteiger partial charge in [-0.1, -0.05) is 0 Å². The molecule has 1 atom stereocenters. The average Bonchev–Trinajstić information content (AvgIpc) is 3.21. The zero-order chi connectivity index (χ0) is 20.9. The molecule has 4 rings (SSSR count). The Balaban J connectivity index is 1.35. The Bertz CT molecular complexity index is 887. The molecule has 1 saturated heterocycles. The molecular weight excluding hydrogens is 384 g/mol. The number of hydrogen-bond acceptors (Lipinski definition) is 5. The van der Waals surface area contributed by atoms with Crippen molar-refractivity contribution in [3.05, 3.63) is 47.3 Å². The standard InChI is InChI=1S/C22H28N4O4/c1-2-30-18-5-3-17(4-6-18)21(27)23-14-16-7-8-26-20(13-16)19(15-24-26)22(28)25-9-11-29-12-10-25/h3-6,15-16H,2,7-14H2,1H3,(H,23,27)/t16-/m0/s1. The Hall–Kier alpha value is -2.87. The van der Waals surface area contributed by atoms with Crippen LogP contribution in [-0.2, 0) is 17.7 Å². The molecule has 0 bridgehead atoms. The third-order valence-electron chi connectivity index (χ3n) is 5.69. The first kappa shape index (κ1) is 20.4. The minimum atomic E-state index is -0.0956. The third kappa shape index (κ3) is 4.48. The molecule has 1 aromatic heterocycles. The molecule has 160 valence electrons. The van der Waals surface area contributed by atoms with E-state index in [1.807, 2.05) is 16.5 Å². The molecule has 2 aliphatic rings. The predicted molar refractivity (Wildman–Crippen MR) is 111 cm³/mol. The highest BCUT2D eigenvalue weighted by Crippen LogP contribution is 2.24. The minimum Gasteiger partial charge on any atom is -0.494 e. The first-order valence-corrected chi connectivity index (χ1v) is 10.6. The van der Waals surface area contributed by atoms with Crippen LogP contribution in [0.5, 0.6) is 5.75 Å². The van der Waals surface area contributed by atoms with Crippen molar-refractivity contribution in [2.75, 3.05) is 39.5 Å². The van der Waals surface area contributed by atoms with Gasteiger partial charge in [-0.25, -0.2) is 0 Å². The lowest BCUT2D eigenvalue weighted by atomic mass is 9.94. The van der Waals surface area contributed by atoms with Crippen molar-refractivity contribution < 1.29 is 19.1 Å². The van der Waals surface area contributed by atoms with E-state index >= 15 is 0 Å². The number of ether oxygens (including phenoxy) is 2. The van der Waals surface area contributed by atoms with Crippen LogP contribution < -0.4 is 10.1 Å². The molecule has 1 fully saturated rings. The molecular formula is C22H28N4O4. The van der Waals surface area contributed by atoms with Crippen LogP contribution in [0.1, 0.15) is 39.8 Å². The molecule has 0 unspecified atom stereocenters. The van der Waals surface area contributed by atoms with Gasteiger partial charge in [0.05, 0.1) is 37.3 Å². The second-order valence-electron chi connectivity index (χ2n) is 7.66. The second-order valence-corrected chi connectivity index (χ2v) is 7.66. The normalized spacial score (nSPS) is 18.6. The molecule has 1 N–H and O–H groups in total. The fraction of sp³-hybridized carbons (Fsp3) is 0.500. The van der Waals surface area contributed by atoms with Crippen LogP contribution in [0.25, 0.3) is 0 Å². The fourth-order valence-corrected chi connectivity index (χ4v) is 4.00. The van der Waals surface area contributed by atoms with Crippen LogP contribution >= 0.6 is 0 Å². The first-order chi connectivity index (χ1) is 14.7. The van der Waals surface area contributed by atoms with Crippen molar-refractivity contribution in [1.29, 1.82) is 0 Å². The van der Waals surface area contributed by atoms with Crippen LogP contribution in [0, 0.1) is 5.92 Å². The van der Waals surface area contributed by atoms with E-state index in [4.69, 9.17) is 9.47 Å². The van der Waals surface area contributed by atoms with Gasteiger partial charge in [0.2, 0.25) is 0 Å². The van der Waals surface area contributed by atoms with E-state index in [2.05, 4.69) is 10.4 Å². The Morgan fingerprint density at radius 3 is 2.70 bits per heavy atom. The summed E-state index contributed by atoms with van der Waals surface area (Å²) in [5.74, 6) is 0.963. The SMILES string of the molecule is CCOc1ccc(C(=O)NC[C@H]2CCn3ncc(C(=O)N4CCOCC4)c3C2)cc1. The van der Waals surface area contributed by atoms with Gasteiger partial charge in [0.15, 0.2) is 0 Å². The van der Waals surface area contributed by atoms with Gasteiger partial charge in [-0.3, -0.25) is 14.3 Å². The number of hydrogen-bond donors (Lipinski definition) is 1. The summed E-state index contributed by atoms with van der Waals surface area (Å²) in [4.78, 5) is 27.2. The summed E-state index contributed by atoms with van der Waals surface area (Å²) in [7, 11) is 0. The van der Waals surface area contributed by atoms with Gasteiger partial charge >= 0.3 is 0 Å². The Morgan fingerprint density at radius 2 is 1.97 bits per heavy atom. The van der Waals surface area contributed by atoms with Crippen LogP contribution in [0.15, 0.2) is 30.5 Å². The van der Waals surface area contributed by atoms with Crippen molar-refractivity contribution in [1.82, 2.24) is 20.0 Å². The molecule has 30 heavy (non-hydrogen) atoms. The summed E-state index contributed by atoms with van der Waals surface area (Å²) in [6.07, 6.45) is 3.34. The minimum absolute atomic E-state index is 0.0265. The number of morpholine rings is 1. The molecule has 2 aromatic rings. The zero-order valence-corrected chi connectivity index (χ0v) is 17.3. The van der Waals surface area contributed by atoms with Crippen molar-refractivity contribution in [3.63, 3.8) is 0 Å². The van der Waals surface area contributed by atoms with Crippen LogP contribution in [0.2, 0.25) is 0 Å². The van der Waals surface area contributed by atoms with E-state index in [-0.39, 0.29) is 17.7 Å². The maximum Gasteiger partial charge on any atom is 0.257 e. The van der Waals surface area contributed by atoms with Gasteiger partial charge < -0.3 is 19.7 Å². The summed E-state index contributed by atoms with van der Waals surface area (Å²) in [5, 5.41) is 7.45. The Morgan fingerprint density at radius 1 is 1.20 bits per heavy atom. The molecule has 0 radical (unpaired) electrons. The van der Waals surface area contributed by atoms with E-state index in [0.717, 1.165) is 30.8 Å². The largest absolute Gasteiger partial charge is 0.494 e. The Labute approximate surface area is 176 Å². The number of amides is 2. The number of carbonyl (C=O) groups excluding carboxylic acids is 2. The number of nitrogens with zero attached hydrogens (tertiary/aromatic N) is 3. The molecule has 2 amide bonds. The molecule has 1 aromatic carbocycles. The molecule has 2 aliphatic heterocycles. The number of aromatic nitrogens is 2. The van der Waals surface area contributed by atoms with Gasteiger partial charge in [0, 0.05) is 31.7 Å². The summed E-state index contributed by atoms with van der Waals surface area (Å²) in [6.45, 7) is 6.25. The maximum absolute atomic E-state index is 12.9. The first-order valence-electron chi connectivity index (χ1n) is 10.6. The lowest BCUT2D eigenvalue weighted by Crippen LogP contribution is -2.41. The zero-order valence-electron chi connectivity index (χ0n) is 17.3. The number of fused-ring (bicyclic) bond motifs is 1. The number of benzene rings is 1. The lowest BCUT2D eigenvalue weighted by Gasteiger charge is -2.28. The maximum atomic E-state index is 12.9. The smallest absolute Gasteiger partial charge is 0.257 e. The Kier molecular flexibility index (Phi) is 6.32. The third-order valence-corrected chi connectivity index (χ3v) is 5.69.